The maximum Gasteiger partial charge on any atom is 0.168 e. The van der Waals surface area contributed by atoms with Crippen molar-refractivity contribution >= 4 is 6.29 Å². The average molecular weight is 233 g/mol. The van der Waals surface area contributed by atoms with E-state index in [0.717, 1.165) is 36.3 Å². The van der Waals surface area contributed by atoms with Crippen molar-refractivity contribution in [1.29, 1.82) is 0 Å². The zero-order valence-electron chi connectivity index (χ0n) is 10.4. The van der Waals surface area contributed by atoms with Crippen LogP contribution in [0, 0.1) is 0 Å². The average Bonchev–Trinajstić information content (AvgIpc) is 2.85. The summed E-state index contributed by atoms with van der Waals surface area (Å²) in [6, 6.07) is 0.458. The van der Waals surface area contributed by atoms with Gasteiger partial charge in [0.2, 0.25) is 0 Å². The van der Waals surface area contributed by atoms with Crippen molar-refractivity contribution in [1.82, 2.24) is 14.7 Å². The smallest absolute Gasteiger partial charge is 0.168 e. The Balaban J connectivity index is 1.95. The molecule has 1 aromatic heterocycles. The normalized spacial score (nSPS) is 21.7. The van der Waals surface area contributed by atoms with E-state index in [1.54, 1.807) is 0 Å². The highest BCUT2D eigenvalue weighted by atomic mass is 16.1. The molecule has 17 heavy (non-hydrogen) atoms. The van der Waals surface area contributed by atoms with Crippen LogP contribution in [0.3, 0.4) is 0 Å². The molecule has 0 unspecified atom stereocenters. The molecule has 0 spiro atoms. The first-order chi connectivity index (χ1) is 8.29. The molecule has 1 aromatic rings. The van der Waals surface area contributed by atoms with E-state index < -0.39 is 0 Å². The molecule has 4 heteroatoms. The second-order valence-corrected chi connectivity index (χ2v) is 5.34. The van der Waals surface area contributed by atoms with Gasteiger partial charge in [-0.25, -0.2) is 0 Å². The van der Waals surface area contributed by atoms with Gasteiger partial charge in [-0.3, -0.25) is 14.4 Å². The molecule has 0 bridgehead atoms. The molecule has 92 valence electrons. The number of hydrogen-bond donors (Lipinski definition) is 0. The number of nitrogens with zero attached hydrogens (tertiary/aromatic N) is 3. The Kier molecular flexibility index (Phi) is 2.74. The second-order valence-electron chi connectivity index (χ2n) is 5.34. The van der Waals surface area contributed by atoms with Crippen LogP contribution in [-0.4, -0.2) is 28.0 Å². The molecule has 1 aliphatic heterocycles. The Hall–Kier alpha value is -1.16. The Morgan fingerprint density at radius 3 is 2.71 bits per heavy atom. The molecule has 3 rings (SSSR count). The molecule has 0 radical (unpaired) electrons. The molecule has 2 aliphatic rings. The van der Waals surface area contributed by atoms with Crippen LogP contribution in [0.5, 0.6) is 0 Å². The van der Waals surface area contributed by atoms with Gasteiger partial charge in [-0.15, -0.1) is 0 Å². The predicted molar refractivity (Wildman–Crippen MR) is 64.9 cm³/mol. The lowest BCUT2D eigenvalue weighted by Crippen LogP contribution is -2.19. The molecule has 1 fully saturated rings. The number of carbonyl (C=O) groups is 1. The van der Waals surface area contributed by atoms with E-state index in [1.807, 2.05) is 4.68 Å². The van der Waals surface area contributed by atoms with Crippen LogP contribution in [0.25, 0.3) is 0 Å². The fraction of sp³-hybridized carbons (Fsp3) is 0.692. The van der Waals surface area contributed by atoms with Crippen LogP contribution in [-0.2, 0) is 13.1 Å². The number of fused-ring (bicyclic) bond motifs is 1. The first-order valence-corrected chi connectivity index (χ1v) is 6.53. The van der Waals surface area contributed by atoms with Gasteiger partial charge >= 0.3 is 0 Å². The summed E-state index contributed by atoms with van der Waals surface area (Å²) >= 11 is 0. The molecule has 2 heterocycles. The minimum Gasteiger partial charge on any atom is -0.296 e. The van der Waals surface area contributed by atoms with Crippen LogP contribution in [0.4, 0.5) is 0 Å². The number of aromatic nitrogens is 2. The molecular weight excluding hydrogens is 214 g/mol. The van der Waals surface area contributed by atoms with E-state index in [2.05, 4.69) is 17.0 Å². The zero-order valence-corrected chi connectivity index (χ0v) is 10.4. The second kappa shape index (κ2) is 4.26. The summed E-state index contributed by atoms with van der Waals surface area (Å²) in [7, 11) is 2.07. The van der Waals surface area contributed by atoms with Gasteiger partial charge in [-0.05, 0) is 19.9 Å². The molecule has 0 N–H and O–H groups in total. The summed E-state index contributed by atoms with van der Waals surface area (Å²) in [5, 5.41) is 4.68. The molecule has 0 amide bonds. The van der Waals surface area contributed by atoms with Gasteiger partial charge in [0.1, 0.15) is 5.69 Å². The van der Waals surface area contributed by atoms with Gasteiger partial charge in [0.25, 0.3) is 0 Å². The standard InChI is InChI=1S/C13H19N3O/c1-15-7-11-12(8-15)14-16(13(11)9-17)10-5-3-2-4-6-10/h9-10H,2-8H2,1H3. The maximum atomic E-state index is 11.3. The van der Waals surface area contributed by atoms with Crippen molar-refractivity contribution in [3.8, 4) is 0 Å². The van der Waals surface area contributed by atoms with Crippen molar-refractivity contribution in [3.63, 3.8) is 0 Å². The molecule has 0 atom stereocenters. The first kappa shape index (κ1) is 11.0. The van der Waals surface area contributed by atoms with Crippen molar-refractivity contribution in [3.05, 3.63) is 17.0 Å². The lowest BCUT2D eigenvalue weighted by molar-refractivity contribution is 0.110. The number of carbonyl (C=O) groups excluding carboxylic acids is 1. The van der Waals surface area contributed by atoms with Gasteiger partial charge in [-0.1, -0.05) is 19.3 Å². The van der Waals surface area contributed by atoms with Crippen LogP contribution < -0.4 is 0 Å². The fourth-order valence-electron chi connectivity index (χ4n) is 3.14. The molecule has 1 aliphatic carbocycles. The van der Waals surface area contributed by atoms with E-state index in [1.165, 1.54) is 32.1 Å². The largest absolute Gasteiger partial charge is 0.296 e. The third kappa shape index (κ3) is 1.80. The maximum absolute atomic E-state index is 11.3. The van der Waals surface area contributed by atoms with Gasteiger partial charge in [0.15, 0.2) is 6.29 Å². The minimum atomic E-state index is 0.458. The molecule has 0 aromatic carbocycles. The lowest BCUT2D eigenvalue weighted by atomic mass is 9.95. The Labute approximate surface area is 102 Å². The summed E-state index contributed by atoms with van der Waals surface area (Å²) in [6.07, 6.45) is 7.23. The molecular formula is C13H19N3O. The number of hydrogen-bond acceptors (Lipinski definition) is 3. The highest BCUT2D eigenvalue weighted by Crippen LogP contribution is 2.32. The van der Waals surface area contributed by atoms with E-state index in [-0.39, 0.29) is 0 Å². The van der Waals surface area contributed by atoms with Gasteiger partial charge < -0.3 is 0 Å². The Morgan fingerprint density at radius 1 is 1.24 bits per heavy atom. The lowest BCUT2D eigenvalue weighted by Gasteiger charge is -2.23. The zero-order chi connectivity index (χ0) is 11.8. The quantitative estimate of drug-likeness (QED) is 0.735. The topological polar surface area (TPSA) is 38.1 Å². The van der Waals surface area contributed by atoms with Gasteiger partial charge in [0.05, 0.1) is 11.7 Å². The number of rotatable bonds is 2. The van der Waals surface area contributed by atoms with E-state index in [9.17, 15) is 4.79 Å². The summed E-state index contributed by atoms with van der Waals surface area (Å²) in [6.45, 7) is 1.76. The molecule has 0 saturated heterocycles. The van der Waals surface area contributed by atoms with E-state index in [0.29, 0.717) is 6.04 Å². The summed E-state index contributed by atoms with van der Waals surface area (Å²) in [4.78, 5) is 13.5. The summed E-state index contributed by atoms with van der Waals surface area (Å²) in [5.74, 6) is 0. The predicted octanol–water partition coefficient (Wildman–Crippen LogP) is 2.15. The van der Waals surface area contributed by atoms with Crippen LogP contribution in [0.15, 0.2) is 0 Å². The fourth-order valence-corrected chi connectivity index (χ4v) is 3.14. The van der Waals surface area contributed by atoms with Crippen molar-refractivity contribution in [2.45, 2.75) is 51.2 Å². The Bertz CT molecular complexity index is 432. The van der Waals surface area contributed by atoms with Crippen LogP contribution in [0.1, 0.15) is 59.9 Å². The van der Waals surface area contributed by atoms with Crippen LogP contribution >= 0.6 is 0 Å². The first-order valence-electron chi connectivity index (χ1n) is 6.53. The number of aldehydes is 1. The monoisotopic (exact) mass is 233 g/mol. The highest BCUT2D eigenvalue weighted by Gasteiger charge is 2.28. The van der Waals surface area contributed by atoms with Crippen molar-refractivity contribution in [2.24, 2.45) is 0 Å². The van der Waals surface area contributed by atoms with Gasteiger partial charge in [-0.2, -0.15) is 5.10 Å². The minimum absolute atomic E-state index is 0.458. The molecule has 1 saturated carbocycles. The van der Waals surface area contributed by atoms with Crippen molar-refractivity contribution in [2.75, 3.05) is 7.05 Å². The summed E-state index contributed by atoms with van der Waals surface area (Å²) in [5.41, 5.74) is 3.10. The van der Waals surface area contributed by atoms with E-state index in [4.69, 9.17) is 0 Å². The highest BCUT2D eigenvalue weighted by molar-refractivity contribution is 5.75. The third-order valence-electron chi connectivity index (χ3n) is 4.01. The summed E-state index contributed by atoms with van der Waals surface area (Å²) < 4.78 is 2.02. The van der Waals surface area contributed by atoms with Gasteiger partial charge in [0, 0.05) is 18.7 Å². The third-order valence-corrected chi connectivity index (χ3v) is 4.01. The van der Waals surface area contributed by atoms with Crippen molar-refractivity contribution < 1.29 is 4.79 Å². The van der Waals surface area contributed by atoms with E-state index >= 15 is 0 Å². The van der Waals surface area contributed by atoms with Crippen LogP contribution in [0.2, 0.25) is 0 Å². The Morgan fingerprint density at radius 2 is 2.00 bits per heavy atom. The molecule has 4 nitrogen and oxygen atoms in total. The SMILES string of the molecule is CN1Cc2nn(C3CCCCC3)c(C=O)c2C1.